The minimum Gasteiger partial charge on any atom is -0.326 e. The lowest BCUT2D eigenvalue weighted by molar-refractivity contribution is 0.756. The Balaban J connectivity index is 2.09. The molecule has 0 bridgehead atoms. The van der Waals surface area contributed by atoms with Crippen molar-refractivity contribution in [3.63, 3.8) is 0 Å². The van der Waals surface area contributed by atoms with Gasteiger partial charge in [0.2, 0.25) is 0 Å². The van der Waals surface area contributed by atoms with Gasteiger partial charge in [-0.15, -0.1) is 0 Å². The molecule has 0 amide bonds. The van der Waals surface area contributed by atoms with E-state index in [2.05, 4.69) is 56.1 Å². The molecule has 0 aliphatic carbocycles. The summed E-state index contributed by atoms with van der Waals surface area (Å²) >= 11 is 3.57. The number of hydrogen-bond donors (Lipinski definition) is 0. The second-order valence-electron chi connectivity index (χ2n) is 4.86. The molecule has 0 atom stereocenters. The second-order valence-corrected chi connectivity index (χ2v) is 5.42. The first-order valence-corrected chi connectivity index (χ1v) is 7.87. The van der Waals surface area contributed by atoms with Gasteiger partial charge < -0.3 is 4.90 Å². The molecule has 1 aliphatic rings. The fourth-order valence-corrected chi connectivity index (χ4v) is 3.13. The lowest BCUT2D eigenvalue weighted by atomic mass is 10.1. The largest absolute Gasteiger partial charge is 0.326 e. The predicted octanol–water partition coefficient (Wildman–Crippen LogP) is 4.45. The molecule has 1 aliphatic heterocycles. The highest BCUT2D eigenvalue weighted by molar-refractivity contribution is 9.08. The van der Waals surface area contributed by atoms with Crippen molar-refractivity contribution in [3.05, 3.63) is 53.7 Å². The van der Waals surface area contributed by atoms with Crippen molar-refractivity contribution in [2.45, 2.75) is 24.6 Å². The van der Waals surface area contributed by atoms with Crippen LogP contribution in [0.15, 0.2) is 42.6 Å². The Hall–Kier alpha value is -1.35. The lowest BCUT2D eigenvalue weighted by Crippen LogP contribution is -2.20. The summed E-state index contributed by atoms with van der Waals surface area (Å²) < 4.78 is 0. The number of hydrogen-bond acceptors (Lipinski definition) is 2. The van der Waals surface area contributed by atoms with Gasteiger partial charge in [0.1, 0.15) is 5.82 Å². The third-order valence-electron chi connectivity index (χ3n) is 3.63. The normalized spacial score (nSPS) is 14.9. The van der Waals surface area contributed by atoms with Gasteiger partial charge in [-0.05, 0) is 37.0 Å². The van der Waals surface area contributed by atoms with Crippen molar-refractivity contribution in [2.24, 2.45) is 0 Å². The van der Waals surface area contributed by atoms with Gasteiger partial charge in [0.25, 0.3) is 0 Å². The maximum atomic E-state index is 4.61. The summed E-state index contributed by atoms with van der Waals surface area (Å²) in [5, 5.41) is 0.842. The zero-order chi connectivity index (χ0) is 13.1. The van der Waals surface area contributed by atoms with E-state index >= 15 is 0 Å². The molecular formula is C16H17BrN2. The number of benzene rings is 1. The molecule has 0 N–H and O–H groups in total. The van der Waals surface area contributed by atoms with Crippen molar-refractivity contribution >= 4 is 27.4 Å². The van der Waals surface area contributed by atoms with Crippen LogP contribution in [0.2, 0.25) is 0 Å². The van der Waals surface area contributed by atoms with Crippen LogP contribution in [0.3, 0.4) is 0 Å². The SMILES string of the molecule is BrCc1cccnc1N1CCCCc2ccccc21. The highest BCUT2D eigenvalue weighted by Gasteiger charge is 2.19. The Bertz CT molecular complexity index is 568. The molecule has 2 aromatic rings. The van der Waals surface area contributed by atoms with Gasteiger partial charge in [-0.3, -0.25) is 0 Å². The first kappa shape index (κ1) is 12.7. The summed E-state index contributed by atoms with van der Waals surface area (Å²) in [6.45, 7) is 1.05. The Morgan fingerprint density at radius 3 is 2.89 bits per heavy atom. The van der Waals surface area contributed by atoms with Crippen LogP contribution in [-0.2, 0) is 11.8 Å². The summed E-state index contributed by atoms with van der Waals surface area (Å²) in [4.78, 5) is 6.98. The summed E-state index contributed by atoms with van der Waals surface area (Å²) in [5.41, 5.74) is 4.01. The number of fused-ring (bicyclic) bond motifs is 1. The number of alkyl halides is 1. The van der Waals surface area contributed by atoms with Crippen LogP contribution in [0.5, 0.6) is 0 Å². The number of aryl methyl sites for hydroxylation is 1. The minimum atomic E-state index is 0.842. The fraction of sp³-hybridized carbons (Fsp3) is 0.312. The molecular weight excluding hydrogens is 300 g/mol. The molecule has 0 spiro atoms. The molecule has 0 fully saturated rings. The number of halogens is 1. The summed E-state index contributed by atoms with van der Waals surface area (Å²) in [5.74, 6) is 1.09. The molecule has 0 saturated carbocycles. The van der Waals surface area contributed by atoms with Crippen LogP contribution in [-0.4, -0.2) is 11.5 Å². The molecule has 19 heavy (non-hydrogen) atoms. The highest BCUT2D eigenvalue weighted by Crippen LogP contribution is 2.33. The van der Waals surface area contributed by atoms with Crippen molar-refractivity contribution in [1.82, 2.24) is 4.98 Å². The van der Waals surface area contributed by atoms with Crippen molar-refractivity contribution in [3.8, 4) is 0 Å². The van der Waals surface area contributed by atoms with Gasteiger partial charge in [0.15, 0.2) is 0 Å². The van der Waals surface area contributed by atoms with Crippen LogP contribution < -0.4 is 4.90 Å². The topological polar surface area (TPSA) is 16.1 Å². The van der Waals surface area contributed by atoms with Gasteiger partial charge >= 0.3 is 0 Å². The summed E-state index contributed by atoms with van der Waals surface area (Å²) in [6, 6.07) is 12.9. The van der Waals surface area contributed by atoms with Crippen LogP contribution >= 0.6 is 15.9 Å². The van der Waals surface area contributed by atoms with E-state index in [1.54, 1.807) is 0 Å². The summed E-state index contributed by atoms with van der Waals surface area (Å²) in [6.07, 6.45) is 5.52. The molecule has 98 valence electrons. The van der Waals surface area contributed by atoms with Gasteiger partial charge in [0.05, 0.1) is 0 Å². The van der Waals surface area contributed by atoms with Crippen molar-refractivity contribution < 1.29 is 0 Å². The van der Waals surface area contributed by atoms with E-state index in [0.29, 0.717) is 0 Å². The molecule has 1 aromatic heterocycles. The molecule has 0 unspecified atom stereocenters. The molecule has 2 nitrogen and oxygen atoms in total. The standard InChI is InChI=1S/C16H17BrN2/c17-12-14-8-5-10-18-16(14)19-11-4-3-7-13-6-1-2-9-15(13)19/h1-2,5-6,8-10H,3-4,7,11-12H2. The Morgan fingerprint density at radius 1 is 1.11 bits per heavy atom. The molecule has 0 radical (unpaired) electrons. The number of pyridine rings is 1. The number of anilines is 2. The van der Waals surface area contributed by atoms with E-state index in [4.69, 9.17) is 0 Å². The van der Waals surface area contributed by atoms with Crippen LogP contribution in [0.1, 0.15) is 24.0 Å². The molecule has 0 saturated heterocycles. The Morgan fingerprint density at radius 2 is 2.00 bits per heavy atom. The number of rotatable bonds is 2. The Kier molecular flexibility index (Phi) is 3.83. The zero-order valence-electron chi connectivity index (χ0n) is 10.8. The average molecular weight is 317 g/mol. The number of para-hydroxylation sites is 1. The average Bonchev–Trinajstić information content (AvgIpc) is 2.69. The van der Waals surface area contributed by atoms with Crippen LogP contribution in [0.25, 0.3) is 0 Å². The van der Waals surface area contributed by atoms with E-state index in [9.17, 15) is 0 Å². The van der Waals surface area contributed by atoms with Crippen LogP contribution in [0.4, 0.5) is 11.5 Å². The Labute approximate surface area is 122 Å². The third kappa shape index (κ3) is 2.52. The second kappa shape index (κ2) is 5.74. The first-order valence-electron chi connectivity index (χ1n) is 6.75. The highest BCUT2D eigenvalue weighted by atomic mass is 79.9. The van der Waals surface area contributed by atoms with E-state index in [1.165, 1.54) is 36.1 Å². The molecule has 2 heterocycles. The molecule has 1 aromatic carbocycles. The van der Waals surface area contributed by atoms with Gasteiger partial charge in [-0.25, -0.2) is 4.98 Å². The van der Waals surface area contributed by atoms with Gasteiger partial charge in [-0.1, -0.05) is 40.2 Å². The van der Waals surface area contributed by atoms with E-state index in [0.717, 1.165) is 17.7 Å². The van der Waals surface area contributed by atoms with Gasteiger partial charge in [0, 0.05) is 29.3 Å². The fourth-order valence-electron chi connectivity index (χ4n) is 2.69. The molecule has 3 rings (SSSR count). The monoisotopic (exact) mass is 316 g/mol. The first-order chi connectivity index (χ1) is 9.40. The van der Waals surface area contributed by atoms with E-state index in [1.807, 2.05) is 12.3 Å². The van der Waals surface area contributed by atoms with Crippen molar-refractivity contribution in [2.75, 3.05) is 11.4 Å². The molecule has 3 heteroatoms. The van der Waals surface area contributed by atoms with Crippen LogP contribution in [0, 0.1) is 0 Å². The maximum Gasteiger partial charge on any atom is 0.137 e. The summed E-state index contributed by atoms with van der Waals surface area (Å²) in [7, 11) is 0. The van der Waals surface area contributed by atoms with Gasteiger partial charge in [-0.2, -0.15) is 0 Å². The number of nitrogens with zero attached hydrogens (tertiary/aromatic N) is 2. The van der Waals surface area contributed by atoms with E-state index < -0.39 is 0 Å². The van der Waals surface area contributed by atoms with E-state index in [-0.39, 0.29) is 0 Å². The third-order valence-corrected chi connectivity index (χ3v) is 4.23. The quantitative estimate of drug-likeness (QED) is 0.761. The minimum absolute atomic E-state index is 0.842. The smallest absolute Gasteiger partial charge is 0.137 e. The predicted molar refractivity (Wildman–Crippen MR) is 83.3 cm³/mol. The van der Waals surface area contributed by atoms with Crippen molar-refractivity contribution in [1.29, 1.82) is 0 Å². The maximum absolute atomic E-state index is 4.61. The number of aromatic nitrogens is 1. The lowest BCUT2D eigenvalue weighted by Gasteiger charge is -2.25. The zero-order valence-corrected chi connectivity index (χ0v) is 12.4.